The minimum absolute atomic E-state index is 0.105. The molecule has 7 heteroatoms. The summed E-state index contributed by atoms with van der Waals surface area (Å²) in [6.45, 7) is 6.65. The SMILES string of the molecule is CC(C)(C)OC(N)=O.FC(F)(CCCNCc1cccs1)c1ccccc1. The van der Waals surface area contributed by atoms with Crippen LogP contribution in [0.3, 0.4) is 0 Å². The third kappa shape index (κ3) is 10.7. The molecule has 0 atom stereocenters. The highest BCUT2D eigenvalue weighted by Crippen LogP contribution is 2.32. The van der Waals surface area contributed by atoms with E-state index < -0.39 is 17.6 Å². The molecule has 0 fully saturated rings. The molecule has 150 valence electrons. The summed E-state index contributed by atoms with van der Waals surface area (Å²) in [6, 6.07) is 12.1. The molecule has 0 radical (unpaired) electrons. The van der Waals surface area contributed by atoms with Gasteiger partial charge in [-0.25, -0.2) is 13.6 Å². The molecule has 0 saturated carbocycles. The molecule has 1 heterocycles. The second-order valence-corrected chi connectivity index (χ2v) is 8.00. The van der Waals surface area contributed by atoms with Crippen molar-refractivity contribution >= 4 is 17.4 Å². The number of amides is 1. The Morgan fingerprint density at radius 1 is 1.15 bits per heavy atom. The van der Waals surface area contributed by atoms with E-state index in [1.54, 1.807) is 50.3 Å². The molecule has 1 aromatic carbocycles. The van der Waals surface area contributed by atoms with Gasteiger partial charge in [-0.2, -0.15) is 0 Å². The van der Waals surface area contributed by atoms with Crippen LogP contribution in [0.25, 0.3) is 0 Å². The fraction of sp³-hybridized carbons (Fsp3) is 0.450. The number of carbonyl (C=O) groups excluding carboxylic acids is 1. The number of hydrogen-bond donors (Lipinski definition) is 2. The van der Waals surface area contributed by atoms with Crippen LogP contribution in [0.4, 0.5) is 13.6 Å². The molecule has 0 aliphatic heterocycles. The first-order valence-electron chi connectivity index (χ1n) is 8.75. The monoisotopic (exact) mass is 398 g/mol. The summed E-state index contributed by atoms with van der Waals surface area (Å²) in [6.07, 6.45) is -0.376. The van der Waals surface area contributed by atoms with Crippen LogP contribution in [0.15, 0.2) is 47.8 Å². The molecule has 0 aliphatic carbocycles. The van der Waals surface area contributed by atoms with Crippen molar-refractivity contribution in [1.82, 2.24) is 5.32 Å². The first-order chi connectivity index (χ1) is 12.6. The lowest BCUT2D eigenvalue weighted by Gasteiger charge is -2.16. The normalized spacial score (nSPS) is 11.4. The third-order valence-electron chi connectivity index (χ3n) is 3.33. The van der Waals surface area contributed by atoms with Gasteiger partial charge in [0.15, 0.2) is 0 Å². The number of rotatable bonds is 7. The number of nitrogens with two attached hydrogens (primary N) is 1. The molecule has 27 heavy (non-hydrogen) atoms. The fourth-order valence-corrected chi connectivity index (χ4v) is 2.86. The van der Waals surface area contributed by atoms with Gasteiger partial charge in [-0.05, 0) is 45.2 Å². The fourth-order valence-electron chi connectivity index (χ4n) is 2.19. The van der Waals surface area contributed by atoms with Gasteiger partial charge >= 0.3 is 6.09 Å². The largest absolute Gasteiger partial charge is 0.444 e. The summed E-state index contributed by atoms with van der Waals surface area (Å²) in [5, 5.41) is 5.20. The number of primary amides is 1. The lowest BCUT2D eigenvalue weighted by Crippen LogP contribution is -2.27. The van der Waals surface area contributed by atoms with Gasteiger partial charge in [0, 0.05) is 23.4 Å². The highest BCUT2D eigenvalue weighted by molar-refractivity contribution is 7.09. The van der Waals surface area contributed by atoms with Crippen LogP contribution in [0.1, 0.15) is 44.1 Å². The van der Waals surface area contributed by atoms with E-state index in [0.29, 0.717) is 13.0 Å². The lowest BCUT2D eigenvalue weighted by molar-refractivity contribution is -0.0151. The molecular weight excluding hydrogens is 370 g/mol. The van der Waals surface area contributed by atoms with Gasteiger partial charge < -0.3 is 15.8 Å². The van der Waals surface area contributed by atoms with Crippen molar-refractivity contribution in [2.24, 2.45) is 5.73 Å². The Morgan fingerprint density at radius 2 is 1.81 bits per heavy atom. The Morgan fingerprint density at radius 3 is 2.30 bits per heavy atom. The zero-order chi connectivity index (χ0) is 20.3. The maximum absolute atomic E-state index is 13.8. The molecule has 2 rings (SSSR count). The van der Waals surface area contributed by atoms with E-state index in [2.05, 4.69) is 10.1 Å². The van der Waals surface area contributed by atoms with E-state index in [1.807, 2.05) is 17.5 Å². The molecular formula is C20H28F2N2O2S. The number of thiophene rings is 1. The molecule has 0 bridgehead atoms. The summed E-state index contributed by atoms with van der Waals surface area (Å²) in [7, 11) is 0. The van der Waals surface area contributed by atoms with Crippen LogP contribution in [0, 0.1) is 0 Å². The van der Waals surface area contributed by atoms with Crippen molar-refractivity contribution in [3.63, 3.8) is 0 Å². The predicted molar refractivity (Wildman–Crippen MR) is 106 cm³/mol. The van der Waals surface area contributed by atoms with Gasteiger partial charge in [0.25, 0.3) is 5.92 Å². The highest BCUT2D eigenvalue weighted by atomic mass is 32.1. The molecule has 0 saturated heterocycles. The first kappa shape index (κ1) is 23.0. The number of nitrogens with one attached hydrogen (secondary N) is 1. The zero-order valence-electron chi connectivity index (χ0n) is 16.0. The molecule has 1 amide bonds. The Bertz CT molecular complexity index is 656. The summed E-state index contributed by atoms with van der Waals surface area (Å²) < 4.78 is 32.2. The van der Waals surface area contributed by atoms with E-state index >= 15 is 0 Å². The lowest BCUT2D eigenvalue weighted by atomic mass is 10.0. The first-order valence-corrected chi connectivity index (χ1v) is 9.63. The Kier molecular flexibility index (Phi) is 9.38. The minimum Gasteiger partial charge on any atom is -0.444 e. The van der Waals surface area contributed by atoms with E-state index in [-0.39, 0.29) is 12.0 Å². The smallest absolute Gasteiger partial charge is 0.405 e. The van der Waals surface area contributed by atoms with Crippen LogP contribution >= 0.6 is 11.3 Å². The molecule has 2 aromatic rings. The number of hydrogen-bond acceptors (Lipinski definition) is 4. The van der Waals surface area contributed by atoms with Crippen molar-refractivity contribution in [2.45, 2.75) is 51.7 Å². The molecule has 0 aliphatic rings. The van der Waals surface area contributed by atoms with Gasteiger partial charge in [-0.3, -0.25) is 0 Å². The average molecular weight is 399 g/mol. The van der Waals surface area contributed by atoms with Crippen molar-refractivity contribution in [2.75, 3.05) is 6.54 Å². The van der Waals surface area contributed by atoms with E-state index in [0.717, 1.165) is 6.54 Å². The molecule has 1 aromatic heterocycles. The zero-order valence-corrected chi connectivity index (χ0v) is 16.8. The van der Waals surface area contributed by atoms with E-state index in [4.69, 9.17) is 5.73 Å². The second kappa shape index (κ2) is 11.0. The molecule has 0 unspecified atom stereocenters. The summed E-state index contributed by atoms with van der Waals surface area (Å²) in [5.74, 6) is -2.73. The Labute approximate surface area is 163 Å². The van der Waals surface area contributed by atoms with Crippen LogP contribution in [0.5, 0.6) is 0 Å². The Balaban J connectivity index is 0.000000387. The average Bonchev–Trinajstić information content (AvgIpc) is 3.07. The number of benzene rings is 1. The van der Waals surface area contributed by atoms with Gasteiger partial charge in [0.2, 0.25) is 0 Å². The summed E-state index contributed by atoms with van der Waals surface area (Å²) in [5.41, 5.74) is 4.37. The topological polar surface area (TPSA) is 64.3 Å². The standard InChI is InChI=1S/C15H17F2NS.C5H11NO2/c16-15(17,13-6-2-1-3-7-13)9-5-10-18-12-14-8-4-11-19-14;1-5(2,3)8-4(6)7/h1-4,6-8,11,18H,5,9-10,12H2;1-3H3,(H2,6,7). The molecule has 3 N–H and O–H groups in total. The maximum Gasteiger partial charge on any atom is 0.405 e. The summed E-state index contributed by atoms with van der Waals surface area (Å²) >= 11 is 1.67. The maximum atomic E-state index is 13.8. The third-order valence-corrected chi connectivity index (χ3v) is 4.20. The van der Waals surface area contributed by atoms with Crippen molar-refractivity contribution < 1.29 is 18.3 Å². The van der Waals surface area contributed by atoms with Crippen molar-refractivity contribution in [3.8, 4) is 0 Å². The van der Waals surface area contributed by atoms with Crippen LogP contribution < -0.4 is 11.1 Å². The van der Waals surface area contributed by atoms with E-state index in [1.165, 1.54) is 17.0 Å². The van der Waals surface area contributed by atoms with Gasteiger partial charge in [-0.15, -0.1) is 11.3 Å². The Hall–Kier alpha value is -1.99. The number of ether oxygens (including phenoxy) is 1. The quantitative estimate of drug-likeness (QED) is 0.623. The van der Waals surface area contributed by atoms with Crippen LogP contribution in [-0.4, -0.2) is 18.2 Å². The van der Waals surface area contributed by atoms with Crippen molar-refractivity contribution in [1.29, 1.82) is 0 Å². The van der Waals surface area contributed by atoms with E-state index in [9.17, 15) is 13.6 Å². The van der Waals surface area contributed by atoms with Crippen LogP contribution in [0.2, 0.25) is 0 Å². The van der Waals surface area contributed by atoms with Gasteiger partial charge in [0.05, 0.1) is 0 Å². The van der Waals surface area contributed by atoms with Gasteiger partial charge in [-0.1, -0.05) is 36.4 Å². The molecule has 0 spiro atoms. The van der Waals surface area contributed by atoms with Gasteiger partial charge in [0.1, 0.15) is 5.60 Å². The number of halogens is 2. The predicted octanol–water partition coefficient (Wildman–Crippen LogP) is 5.29. The van der Waals surface area contributed by atoms with Crippen LogP contribution in [-0.2, 0) is 17.2 Å². The minimum atomic E-state index is -2.73. The van der Waals surface area contributed by atoms with Crippen molar-refractivity contribution in [3.05, 3.63) is 58.3 Å². The molecule has 4 nitrogen and oxygen atoms in total. The number of carbonyl (C=O) groups is 1. The summed E-state index contributed by atoms with van der Waals surface area (Å²) in [4.78, 5) is 11.2. The number of alkyl halides is 2. The highest BCUT2D eigenvalue weighted by Gasteiger charge is 2.30. The second-order valence-electron chi connectivity index (χ2n) is 6.96.